The molecule has 0 aliphatic rings. The molecule has 1 amide bonds. The largest absolute Gasteiger partial charge is 0.343 e. The lowest BCUT2D eigenvalue weighted by Crippen LogP contribution is -2.36. The number of carbonyl (C=O) groups excluding carboxylic acids is 2. The maximum atomic E-state index is 12.3. The van der Waals surface area contributed by atoms with Gasteiger partial charge in [0.15, 0.2) is 5.78 Å². The maximum absolute atomic E-state index is 12.3. The van der Waals surface area contributed by atoms with E-state index in [9.17, 15) is 9.59 Å². The molecule has 1 atom stereocenters. The molecule has 2 rings (SSSR count). The minimum Gasteiger partial charge on any atom is -0.343 e. The molecule has 23 heavy (non-hydrogen) atoms. The van der Waals surface area contributed by atoms with Crippen molar-refractivity contribution in [1.29, 1.82) is 0 Å². The van der Waals surface area contributed by atoms with Crippen molar-refractivity contribution in [3.05, 3.63) is 57.2 Å². The summed E-state index contributed by atoms with van der Waals surface area (Å²) >= 11 is 7.29. The Morgan fingerprint density at radius 2 is 1.87 bits per heavy atom. The van der Waals surface area contributed by atoms with Crippen LogP contribution in [0.25, 0.3) is 0 Å². The molecule has 0 saturated heterocycles. The summed E-state index contributed by atoms with van der Waals surface area (Å²) in [5.74, 6) is 0.0310. The minimum atomic E-state index is -0.00336. The van der Waals surface area contributed by atoms with Crippen molar-refractivity contribution in [2.45, 2.75) is 32.2 Å². The van der Waals surface area contributed by atoms with Gasteiger partial charge in [0.2, 0.25) is 5.91 Å². The molecule has 0 spiro atoms. The number of benzene rings is 1. The monoisotopic (exact) mass is 349 g/mol. The first-order valence-corrected chi connectivity index (χ1v) is 8.80. The summed E-state index contributed by atoms with van der Waals surface area (Å²) in [5.41, 5.74) is 1.14. The molecule has 0 saturated carbocycles. The molecule has 1 unspecified atom stereocenters. The summed E-state index contributed by atoms with van der Waals surface area (Å²) in [6.45, 7) is 2.01. The normalized spacial score (nSPS) is 12.0. The molecule has 1 aromatic carbocycles. The molecule has 0 bridgehead atoms. The number of carbonyl (C=O) groups is 2. The second kappa shape index (κ2) is 8.27. The van der Waals surface area contributed by atoms with Crippen LogP contribution in [-0.2, 0) is 11.2 Å². The van der Waals surface area contributed by atoms with Crippen LogP contribution in [0.4, 0.5) is 0 Å². The van der Waals surface area contributed by atoms with Crippen LogP contribution in [0, 0.1) is 0 Å². The summed E-state index contributed by atoms with van der Waals surface area (Å²) < 4.78 is 0. The molecule has 5 heteroatoms. The number of nitrogens with zero attached hydrogens (tertiary/aromatic N) is 1. The number of hydrogen-bond donors (Lipinski definition) is 0. The van der Waals surface area contributed by atoms with Crippen molar-refractivity contribution < 1.29 is 9.59 Å². The first-order valence-electron chi connectivity index (χ1n) is 7.54. The van der Waals surface area contributed by atoms with E-state index in [0.29, 0.717) is 5.02 Å². The molecule has 0 radical (unpaired) electrons. The molecule has 0 aliphatic heterocycles. The average Bonchev–Trinajstić information content (AvgIpc) is 3.08. The van der Waals surface area contributed by atoms with Gasteiger partial charge in [-0.3, -0.25) is 9.59 Å². The Bertz CT molecular complexity index is 652. The molecular formula is C18H20ClNO2S. The number of Topliss-reactive ketones (excluding diaryl/α,β-unsaturated/α-hetero) is 1. The van der Waals surface area contributed by atoms with E-state index in [4.69, 9.17) is 11.6 Å². The number of likely N-dealkylation sites (N-methyl/N-ethyl adjacent to an activating group) is 1. The highest BCUT2D eigenvalue weighted by Crippen LogP contribution is 2.15. The second-order valence-electron chi connectivity index (χ2n) is 5.58. The predicted octanol–water partition coefficient (Wildman–Crippen LogP) is 4.45. The molecule has 122 valence electrons. The average molecular weight is 350 g/mol. The number of hydrogen-bond acceptors (Lipinski definition) is 3. The number of amides is 1. The van der Waals surface area contributed by atoms with Crippen LogP contribution in [0.5, 0.6) is 0 Å². The van der Waals surface area contributed by atoms with Crippen LogP contribution in [-0.4, -0.2) is 29.7 Å². The molecule has 1 heterocycles. The first-order chi connectivity index (χ1) is 11.0. The van der Waals surface area contributed by atoms with E-state index in [2.05, 4.69) is 0 Å². The van der Waals surface area contributed by atoms with Crippen LogP contribution in [0.15, 0.2) is 41.8 Å². The molecule has 0 N–H and O–H groups in total. The fourth-order valence-corrected chi connectivity index (χ4v) is 3.12. The van der Waals surface area contributed by atoms with E-state index in [1.165, 1.54) is 11.3 Å². The van der Waals surface area contributed by atoms with Gasteiger partial charge in [0.05, 0.1) is 4.88 Å². The Morgan fingerprint density at radius 3 is 2.48 bits per heavy atom. The third kappa shape index (κ3) is 5.19. The van der Waals surface area contributed by atoms with Gasteiger partial charge in [0.25, 0.3) is 0 Å². The van der Waals surface area contributed by atoms with Gasteiger partial charge in [-0.25, -0.2) is 0 Å². The Morgan fingerprint density at radius 1 is 1.17 bits per heavy atom. The van der Waals surface area contributed by atoms with E-state index < -0.39 is 0 Å². The zero-order chi connectivity index (χ0) is 16.8. The van der Waals surface area contributed by atoms with Crippen molar-refractivity contribution >= 4 is 34.6 Å². The highest BCUT2D eigenvalue weighted by atomic mass is 35.5. The van der Waals surface area contributed by atoms with E-state index in [1.54, 1.807) is 18.0 Å². The van der Waals surface area contributed by atoms with Crippen molar-refractivity contribution in [3.63, 3.8) is 0 Å². The Balaban J connectivity index is 1.83. The van der Waals surface area contributed by atoms with Crippen molar-refractivity contribution in [2.24, 2.45) is 0 Å². The molecular weight excluding hydrogens is 330 g/mol. The third-order valence-electron chi connectivity index (χ3n) is 3.86. The summed E-state index contributed by atoms with van der Waals surface area (Å²) in [7, 11) is 1.79. The fourth-order valence-electron chi connectivity index (χ4n) is 2.30. The van der Waals surface area contributed by atoms with Crippen molar-refractivity contribution in [1.82, 2.24) is 4.90 Å². The zero-order valence-electron chi connectivity index (χ0n) is 13.3. The van der Waals surface area contributed by atoms with Gasteiger partial charge in [-0.15, -0.1) is 11.3 Å². The topological polar surface area (TPSA) is 37.4 Å². The molecule has 2 aromatic rings. The summed E-state index contributed by atoms with van der Waals surface area (Å²) in [5, 5.41) is 2.58. The minimum absolute atomic E-state index is 0.00336. The van der Waals surface area contributed by atoms with Gasteiger partial charge in [-0.1, -0.05) is 29.8 Å². The van der Waals surface area contributed by atoms with E-state index in [0.717, 1.165) is 16.9 Å². The Hall–Kier alpha value is -1.65. The highest BCUT2D eigenvalue weighted by molar-refractivity contribution is 7.12. The SMILES string of the molecule is CC(Cc1ccc(Cl)cc1)N(C)C(=O)CCC(=O)c1cccs1. The van der Waals surface area contributed by atoms with Crippen molar-refractivity contribution in [2.75, 3.05) is 7.05 Å². The quantitative estimate of drug-likeness (QED) is 0.692. The molecule has 0 fully saturated rings. The molecule has 0 aliphatic carbocycles. The number of thiophene rings is 1. The van der Waals surface area contributed by atoms with Crippen LogP contribution in [0.2, 0.25) is 5.02 Å². The number of rotatable bonds is 7. The van der Waals surface area contributed by atoms with Gasteiger partial charge in [-0.05, 0) is 42.5 Å². The lowest BCUT2D eigenvalue weighted by Gasteiger charge is -2.25. The van der Waals surface area contributed by atoms with Gasteiger partial charge < -0.3 is 4.90 Å². The second-order valence-corrected chi connectivity index (χ2v) is 6.97. The van der Waals surface area contributed by atoms with E-state index >= 15 is 0 Å². The fraction of sp³-hybridized carbons (Fsp3) is 0.333. The number of halogens is 1. The van der Waals surface area contributed by atoms with Gasteiger partial charge in [-0.2, -0.15) is 0 Å². The van der Waals surface area contributed by atoms with E-state index in [1.807, 2.05) is 42.6 Å². The van der Waals surface area contributed by atoms with Gasteiger partial charge in [0, 0.05) is 31.0 Å². The third-order valence-corrected chi connectivity index (χ3v) is 5.02. The lowest BCUT2D eigenvalue weighted by molar-refractivity contribution is -0.131. The van der Waals surface area contributed by atoms with Crippen molar-refractivity contribution in [3.8, 4) is 0 Å². The van der Waals surface area contributed by atoms with E-state index in [-0.39, 0.29) is 30.6 Å². The summed E-state index contributed by atoms with van der Waals surface area (Å²) in [6.07, 6.45) is 1.27. The molecule has 3 nitrogen and oxygen atoms in total. The molecule has 1 aromatic heterocycles. The van der Waals surface area contributed by atoms with Gasteiger partial charge in [0.1, 0.15) is 0 Å². The zero-order valence-corrected chi connectivity index (χ0v) is 14.9. The van der Waals surface area contributed by atoms with Crippen LogP contribution >= 0.6 is 22.9 Å². The van der Waals surface area contributed by atoms with Gasteiger partial charge >= 0.3 is 0 Å². The standard InChI is InChI=1S/C18H20ClNO2S/c1-13(12-14-5-7-15(19)8-6-14)20(2)18(22)10-9-16(21)17-4-3-11-23-17/h3-8,11,13H,9-10,12H2,1-2H3. The number of ketones is 1. The highest BCUT2D eigenvalue weighted by Gasteiger charge is 2.18. The van der Waals surface area contributed by atoms with Crippen LogP contribution in [0.1, 0.15) is 35.0 Å². The summed E-state index contributed by atoms with van der Waals surface area (Å²) in [6, 6.07) is 11.4. The van der Waals surface area contributed by atoms with Crippen LogP contribution < -0.4 is 0 Å². The smallest absolute Gasteiger partial charge is 0.223 e. The maximum Gasteiger partial charge on any atom is 0.223 e. The summed E-state index contributed by atoms with van der Waals surface area (Å²) in [4.78, 5) is 26.6. The predicted molar refractivity (Wildman–Crippen MR) is 95.3 cm³/mol. The Kier molecular flexibility index (Phi) is 6.37. The van der Waals surface area contributed by atoms with Crippen LogP contribution in [0.3, 0.4) is 0 Å². The lowest BCUT2D eigenvalue weighted by atomic mass is 10.1. The first kappa shape index (κ1) is 17.7. The Labute approximate surface area is 145 Å².